The molecule has 1 N–H and O–H groups in total. The summed E-state index contributed by atoms with van der Waals surface area (Å²) in [6, 6.07) is 13.0. The zero-order valence-corrected chi connectivity index (χ0v) is 20.8. The first-order chi connectivity index (χ1) is 16.0. The van der Waals surface area contributed by atoms with Crippen LogP contribution in [0.4, 0.5) is 0 Å². The smallest absolute Gasteiger partial charge is 0.250 e. The van der Waals surface area contributed by atoms with Gasteiger partial charge in [0.2, 0.25) is 0 Å². The van der Waals surface area contributed by atoms with Gasteiger partial charge in [0.1, 0.15) is 0 Å². The van der Waals surface area contributed by atoms with Crippen molar-refractivity contribution >= 4 is 58.7 Å². The van der Waals surface area contributed by atoms with Crippen molar-refractivity contribution in [2.75, 3.05) is 5.75 Å². The van der Waals surface area contributed by atoms with E-state index in [0.717, 1.165) is 29.4 Å². The van der Waals surface area contributed by atoms with Gasteiger partial charge in [0, 0.05) is 27.2 Å². The second-order valence-corrected chi connectivity index (χ2v) is 9.95. The van der Waals surface area contributed by atoms with Crippen LogP contribution in [0.25, 0.3) is 11.4 Å². The third-order valence-electron chi connectivity index (χ3n) is 5.39. The second kappa shape index (κ2) is 11.4. The standard InChI is InChI=1S/C23H22Cl3N5OS/c24-17-9-6-15(7-10-17)22-29-30-23(31(22)19-4-2-1-3-5-19)33-14-21(32)28-27-13-16-8-11-18(25)12-20(16)26/h6-13,19H,1-5,14H2,(H,28,32). The monoisotopic (exact) mass is 521 g/mol. The molecule has 0 atom stereocenters. The van der Waals surface area contributed by atoms with Crippen molar-refractivity contribution in [2.45, 2.75) is 43.3 Å². The van der Waals surface area contributed by atoms with Gasteiger partial charge >= 0.3 is 0 Å². The highest BCUT2D eigenvalue weighted by Gasteiger charge is 2.24. The molecule has 1 aromatic heterocycles. The van der Waals surface area contributed by atoms with Crippen LogP contribution in [0.2, 0.25) is 15.1 Å². The van der Waals surface area contributed by atoms with Crippen LogP contribution in [0.1, 0.15) is 43.7 Å². The first kappa shape index (κ1) is 24.1. The molecule has 10 heteroatoms. The minimum Gasteiger partial charge on any atom is -0.299 e. The maximum Gasteiger partial charge on any atom is 0.250 e. The summed E-state index contributed by atoms with van der Waals surface area (Å²) >= 11 is 19.4. The number of thioether (sulfide) groups is 1. The molecule has 0 bridgehead atoms. The lowest BCUT2D eigenvalue weighted by Crippen LogP contribution is -2.20. The average molecular weight is 523 g/mol. The normalized spacial score (nSPS) is 14.6. The van der Waals surface area contributed by atoms with Crippen LogP contribution in [0.3, 0.4) is 0 Å². The van der Waals surface area contributed by atoms with Crippen molar-refractivity contribution in [2.24, 2.45) is 5.10 Å². The number of benzene rings is 2. The molecule has 6 nitrogen and oxygen atoms in total. The topological polar surface area (TPSA) is 72.2 Å². The molecule has 1 saturated carbocycles. The first-order valence-electron chi connectivity index (χ1n) is 10.6. The number of nitrogens with zero attached hydrogens (tertiary/aromatic N) is 4. The number of nitrogens with one attached hydrogen (secondary N) is 1. The van der Waals surface area contributed by atoms with Crippen LogP contribution >= 0.6 is 46.6 Å². The lowest BCUT2D eigenvalue weighted by Gasteiger charge is -2.25. The number of carbonyl (C=O) groups excluding carboxylic acids is 1. The van der Waals surface area contributed by atoms with E-state index in [9.17, 15) is 4.79 Å². The number of carbonyl (C=O) groups is 1. The van der Waals surface area contributed by atoms with Gasteiger partial charge in [0.15, 0.2) is 11.0 Å². The van der Waals surface area contributed by atoms with Gasteiger partial charge in [-0.3, -0.25) is 9.36 Å². The van der Waals surface area contributed by atoms with E-state index >= 15 is 0 Å². The van der Waals surface area contributed by atoms with Gasteiger partial charge in [-0.15, -0.1) is 10.2 Å². The quantitative estimate of drug-likeness (QED) is 0.214. The number of aromatic nitrogens is 3. The largest absolute Gasteiger partial charge is 0.299 e. The van der Waals surface area contributed by atoms with Crippen molar-refractivity contribution < 1.29 is 4.79 Å². The maximum atomic E-state index is 12.4. The Labute approximate surface area is 211 Å². The van der Waals surface area contributed by atoms with Gasteiger partial charge in [-0.25, -0.2) is 5.43 Å². The Morgan fingerprint density at radius 3 is 2.52 bits per heavy atom. The lowest BCUT2D eigenvalue weighted by atomic mass is 9.95. The molecule has 3 aromatic rings. The maximum absolute atomic E-state index is 12.4. The summed E-state index contributed by atoms with van der Waals surface area (Å²) in [6.07, 6.45) is 7.24. The van der Waals surface area contributed by atoms with Gasteiger partial charge in [-0.2, -0.15) is 5.10 Å². The summed E-state index contributed by atoms with van der Waals surface area (Å²) < 4.78 is 2.18. The molecule has 0 saturated heterocycles. The first-order valence-corrected chi connectivity index (χ1v) is 12.7. The Hall–Kier alpha value is -2.06. The molecule has 2 aromatic carbocycles. The minimum atomic E-state index is -0.243. The van der Waals surface area contributed by atoms with E-state index in [1.54, 1.807) is 18.2 Å². The molecule has 33 heavy (non-hydrogen) atoms. The lowest BCUT2D eigenvalue weighted by molar-refractivity contribution is -0.118. The van der Waals surface area contributed by atoms with Crippen LogP contribution in [-0.4, -0.2) is 32.6 Å². The van der Waals surface area contributed by atoms with Crippen LogP contribution in [-0.2, 0) is 4.79 Å². The summed E-state index contributed by atoms with van der Waals surface area (Å²) in [5.74, 6) is 0.724. The highest BCUT2D eigenvalue weighted by molar-refractivity contribution is 7.99. The molecule has 0 aliphatic heterocycles. The Morgan fingerprint density at radius 2 is 1.79 bits per heavy atom. The molecule has 1 amide bonds. The molecule has 1 fully saturated rings. The van der Waals surface area contributed by atoms with E-state index in [1.807, 2.05) is 24.3 Å². The number of rotatable bonds is 7. The van der Waals surface area contributed by atoms with Crippen LogP contribution in [0.5, 0.6) is 0 Å². The van der Waals surface area contributed by atoms with Crippen molar-refractivity contribution in [1.82, 2.24) is 20.2 Å². The van der Waals surface area contributed by atoms with Crippen molar-refractivity contribution in [3.8, 4) is 11.4 Å². The highest BCUT2D eigenvalue weighted by Crippen LogP contribution is 2.35. The Balaban J connectivity index is 1.45. The van der Waals surface area contributed by atoms with Crippen LogP contribution in [0.15, 0.2) is 52.7 Å². The van der Waals surface area contributed by atoms with Gasteiger partial charge in [-0.1, -0.05) is 71.9 Å². The van der Waals surface area contributed by atoms with Gasteiger partial charge in [0.25, 0.3) is 5.91 Å². The number of amides is 1. The minimum absolute atomic E-state index is 0.164. The molecular formula is C23H22Cl3N5OS. The molecule has 0 radical (unpaired) electrons. The third kappa shape index (κ3) is 6.29. The number of hydrogen-bond donors (Lipinski definition) is 1. The fraction of sp³-hybridized carbons (Fsp3) is 0.304. The molecule has 172 valence electrons. The van der Waals surface area contributed by atoms with E-state index in [1.165, 1.54) is 37.2 Å². The Morgan fingerprint density at radius 1 is 1.06 bits per heavy atom. The summed E-state index contributed by atoms with van der Waals surface area (Å²) in [6.45, 7) is 0. The van der Waals surface area contributed by atoms with E-state index in [4.69, 9.17) is 34.8 Å². The number of hydrogen-bond acceptors (Lipinski definition) is 5. The SMILES string of the molecule is O=C(CSc1nnc(-c2ccc(Cl)cc2)n1C1CCCCC1)NN=Cc1ccc(Cl)cc1Cl. The fourth-order valence-electron chi connectivity index (χ4n) is 3.78. The zero-order valence-electron chi connectivity index (χ0n) is 17.7. The summed E-state index contributed by atoms with van der Waals surface area (Å²) in [7, 11) is 0. The fourth-order valence-corrected chi connectivity index (χ4v) is 5.16. The van der Waals surface area contributed by atoms with Crippen molar-refractivity contribution in [3.05, 3.63) is 63.1 Å². The van der Waals surface area contributed by atoms with E-state index < -0.39 is 0 Å². The van der Waals surface area contributed by atoms with Crippen molar-refractivity contribution in [3.63, 3.8) is 0 Å². The summed E-state index contributed by atoms with van der Waals surface area (Å²) in [5.41, 5.74) is 4.16. The third-order valence-corrected chi connectivity index (χ3v) is 7.15. The second-order valence-electron chi connectivity index (χ2n) is 7.72. The molecule has 1 aliphatic rings. The van der Waals surface area contributed by atoms with Gasteiger partial charge in [0.05, 0.1) is 17.0 Å². The predicted octanol–water partition coefficient (Wildman–Crippen LogP) is 6.65. The molecule has 1 heterocycles. The molecular weight excluding hydrogens is 501 g/mol. The Kier molecular flexibility index (Phi) is 8.30. The van der Waals surface area contributed by atoms with Crippen LogP contribution < -0.4 is 5.43 Å². The summed E-state index contributed by atoms with van der Waals surface area (Å²) in [5, 5.41) is 15.3. The molecule has 4 rings (SSSR count). The average Bonchev–Trinajstić information content (AvgIpc) is 3.24. The number of hydrazone groups is 1. The van der Waals surface area contributed by atoms with Gasteiger partial charge in [-0.05, 0) is 49.2 Å². The van der Waals surface area contributed by atoms with Crippen LogP contribution in [0, 0.1) is 0 Å². The predicted molar refractivity (Wildman–Crippen MR) is 136 cm³/mol. The Bertz CT molecular complexity index is 1140. The molecule has 0 unspecified atom stereocenters. The summed E-state index contributed by atoms with van der Waals surface area (Å²) in [4.78, 5) is 12.4. The van der Waals surface area contributed by atoms with E-state index in [0.29, 0.717) is 26.7 Å². The van der Waals surface area contributed by atoms with E-state index in [-0.39, 0.29) is 11.7 Å². The molecule has 1 aliphatic carbocycles. The van der Waals surface area contributed by atoms with Gasteiger partial charge < -0.3 is 0 Å². The number of halogens is 3. The highest BCUT2D eigenvalue weighted by atomic mass is 35.5. The van der Waals surface area contributed by atoms with E-state index in [2.05, 4.69) is 25.3 Å². The molecule has 0 spiro atoms. The van der Waals surface area contributed by atoms with Crippen molar-refractivity contribution in [1.29, 1.82) is 0 Å². The zero-order chi connectivity index (χ0) is 23.2.